The molecule has 18 heavy (non-hydrogen) atoms. The number of aliphatic hydroxyl groups is 1. The molecule has 0 amide bonds. The standard InChI is InChI=1S/C13H16N2O3/c1-9(16)13(12(17)18-2)8-11(14-15-13)10-6-4-3-5-7-10/h3-7,9,15-16H,8H2,1-2H3/t9-,13+/m1/s1. The third-order valence-corrected chi connectivity index (χ3v) is 3.21. The fraction of sp³-hybridized carbons (Fsp3) is 0.385. The maximum absolute atomic E-state index is 11.8. The van der Waals surface area contributed by atoms with Crippen molar-refractivity contribution >= 4 is 11.7 Å². The van der Waals surface area contributed by atoms with Crippen LogP contribution in [0, 0.1) is 0 Å². The van der Waals surface area contributed by atoms with Crippen molar-refractivity contribution in [3.63, 3.8) is 0 Å². The quantitative estimate of drug-likeness (QED) is 0.772. The molecule has 1 aliphatic rings. The molecule has 1 aromatic rings. The van der Waals surface area contributed by atoms with Crippen LogP contribution in [-0.2, 0) is 9.53 Å². The Labute approximate surface area is 105 Å². The zero-order chi connectivity index (χ0) is 13.2. The number of methoxy groups -OCH3 is 1. The van der Waals surface area contributed by atoms with Gasteiger partial charge in [0.2, 0.25) is 0 Å². The highest BCUT2D eigenvalue weighted by Crippen LogP contribution is 2.26. The molecule has 0 bridgehead atoms. The summed E-state index contributed by atoms with van der Waals surface area (Å²) in [6.45, 7) is 1.55. The molecule has 96 valence electrons. The van der Waals surface area contributed by atoms with Crippen molar-refractivity contribution in [3.8, 4) is 0 Å². The summed E-state index contributed by atoms with van der Waals surface area (Å²) < 4.78 is 4.75. The Morgan fingerprint density at radius 1 is 1.50 bits per heavy atom. The minimum absolute atomic E-state index is 0.307. The van der Waals surface area contributed by atoms with Crippen molar-refractivity contribution < 1.29 is 14.6 Å². The summed E-state index contributed by atoms with van der Waals surface area (Å²) in [6, 6.07) is 9.54. The van der Waals surface area contributed by atoms with Crippen LogP contribution >= 0.6 is 0 Å². The maximum Gasteiger partial charge on any atom is 0.336 e. The van der Waals surface area contributed by atoms with Gasteiger partial charge in [-0.15, -0.1) is 0 Å². The first-order chi connectivity index (χ1) is 8.60. The lowest BCUT2D eigenvalue weighted by Gasteiger charge is -2.28. The van der Waals surface area contributed by atoms with Gasteiger partial charge in [-0.1, -0.05) is 30.3 Å². The van der Waals surface area contributed by atoms with Crippen LogP contribution in [0.25, 0.3) is 0 Å². The van der Waals surface area contributed by atoms with Gasteiger partial charge in [0.1, 0.15) is 0 Å². The van der Waals surface area contributed by atoms with Crippen LogP contribution in [-0.4, -0.2) is 35.5 Å². The summed E-state index contributed by atoms with van der Waals surface area (Å²) in [5.74, 6) is -0.507. The van der Waals surface area contributed by atoms with Crippen molar-refractivity contribution in [1.82, 2.24) is 5.43 Å². The van der Waals surface area contributed by atoms with E-state index >= 15 is 0 Å². The van der Waals surface area contributed by atoms with E-state index < -0.39 is 17.6 Å². The van der Waals surface area contributed by atoms with E-state index in [1.807, 2.05) is 30.3 Å². The number of nitrogens with one attached hydrogen (secondary N) is 1. The normalized spacial score (nSPS) is 24.1. The third-order valence-electron chi connectivity index (χ3n) is 3.21. The molecule has 0 radical (unpaired) electrons. The largest absolute Gasteiger partial charge is 0.467 e. The summed E-state index contributed by atoms with van der Waals surface area (Å²) in [4.78, 5) is 11.8. The summed E-state index contributed by atoms with van der Waals surface area (Å²) >= 11 is 0. The lowest BCUT2D eigenvalue weighted by molar-refractivity contribution is -0.152. The Morgan fingerprint density at radius 3 is 2.72 bits per heavy atom. The molecule has 0 unspecified atom stereocenters. The molecule has 0 saturated carbocycles. The fourth-order valence-electron chi connectivity index (χ4n) is 2.02. The highest BCUT2D eigenvalue weighted by Gasteiger charge is 2.48. The number of hydrogen-bond donors (Lipinski definition) is 2. The Bertz CT molecular complexity index is 470. The van der Waals surface area contributed by atoms with Crippen LogP contribution in [0.2, 0.25) is 0 Å². The lowest BCUT2D eigenvalue weighted by atomic mass is 9.87. The second-order valence-corrected chi connectivity index (χ2v) is 4.35. The van der Waals surface area contributed by atoms with Gasteiger partial charge in [-0.3, -0.25) is 5.43 Å². The predicted octanol–water partition coefficient (Wildman–Crippen LogP) is 0.677. The molecule has 1 aliphatic heterocycles. The van der Waals surface area contributed by atoms with Gasteiger partial charge >= 0.3 is 5.97 Å². The molecule has 0 aromatic heterocycles. The first kappa shape index (κ1) is 12.6. The second-order valence-electron chi connectivity index (χ2n) is 4.35. The Hall–Kier alpha value is -1.88. The SMILES string of the molecule is COC(=O)[C@@]1([C@@H](C)O)CC(c2ccccc2)=NN1. The average Bonchev–Trinajstić information content (AvgIpc) is 2.85. The molecule has 2 N–H and O–H groups in total. The van der Waals surface area contributed by atoms with Gasteiger partial charge in [0.15, 0.2) is 5.54 Å². The molecule has 5 nitrogen and oxygen atoms in total. The predicted molar refractivity (Wildman–Crippen MR) is 67.2 cm³/mol. The number of aliphatic hydroxyl groups excluding tert-OH is 1. The Balaban J connectivity index is 2.25. The number of rotatable bonds is 3. The van der Waals surface area contributed by atoms with Gasteiger partial charge in [0.05, 0.1) is 18.9 Å². The minimum atomic E-state index is -1.18. The summed E-state index contributed by atoms with van der Waals surface area (Å²) in [5.41, 5.74) is 3.22. The smallest absolute Gasteiger partial charge is 0.336 e. The number of hydrogen-bond acceptors (Lipinski definition) is 5. The van der Waals surface area contributed by atoms with E-state index in [1.54, 1.807) is 6.92 Å². The highest BCUT2D eigenvalue weighted by atomic mass is 16.5. The van der Waals surface area contributed by atoms with Crippen LogP contribution in [0.1, 0.15) is 18.9 Å². The number of carbonyl (C=O) groups is 1. The summed E-state index contributed by atoms with van der Waals surface area (Å²) in [7, 11) is 1.30. The maximum atomic E-state index is 11.8. The van der Waals surface area contributed by atoms with Gasteiger partial charge in [-0.05, 0) is 12.5 Å². The van der Waals surface area contributed by atoms with E-state index in [1.165, 1.54) is 7.11 Å². The van der Waals surface area contributed by atoms with Crippen LogP contribution in [0.4, 0.5) is 0 Å². The number of ether oxygens (including phenoxy) is 1. The van der Waals surface area contributed by atoms with Crippen molar-refractivity contribution in [3.05, 3.63) is 35.9 Å². The van der Waals surface area contributed by atoms with Crippen molar-refractivity contribution in [2.75, 3.05) is 7.11 Å². The topological polar surface area (TPSA) is 70.9 Å². The molecule has 0 aliphatic carbocycles. The molecular weight excluding hydrogens is 232 g/mol. The molecular formula is C13H16N2O3. The zero-order valence-electron chi connectivity index (χ0n) is 10.4. The lowest BCUT2D eigenvalue weighted by Crippen LogP contribution is -2.56. The number of hydrazone groups is 1. The van der Waals surface area contributed by atoms with Crippen molar-refractivity contribution in [1.29, 1.82) is 0 Å². The van der Waals surface area contributed by atoms with E-state index in [2.05, 4.69) is 10.5 Å². The molecule has 2 rings (SSSR count). The van der Waals surface area contributed by atoms with E-state index in [4.69, 9.17) is 4.74 Å². The van der Waals surface area contributed by atoms with Crippen LogP contribution in [0.15, 0.2) is 35.4 Å². The zero-order valence-corrected chi connectivity index (χ0v) is 10.4. The summed E-state index contributed by atoms with van der Waals surface area (Å²) in [6.07, 6.45) is -0.587. The van der Waals surface area contributed by atoms with Crippen molar-refractivity contribution in [2.24, 2.45) is 5.10 Å². The van der Waals surface area contributed by atoms with Gasteiger partial charge in [0.25, 0.3) is 0 Å². The monoisotopic (exact) mass is 248 g/mol. The number of esters is 1. The van der Waals surface area contributed by atoms with Crippen LogP contribution in [0.5, 0.6) is 0 Å². The van der Waals surface area contributed by atoms with Gasteiger partial charge in [-0.25, -0.2) is 4.79 Å². The number of benzene rings is 1. The first-order valence-electron chi connectivity index (χ1n) is 5.76. The number of nitrogens with zero attached hydrogens (tertiary/aromatic N) is 1. The van der Waals surface area contributed by atoms with E-state index in [-0.39, 0.29) is 0 Å². The number of carbonyl (C=O) groups excluding carboxylic acids is 1. The highest BCUT2D eigenvalue weighted by molar-refractivity contribution is 6.05. The second kappa shape index (κ2) is 4.78. The molecule has 1 heterocycles. The van der Waals surface area contributed by atoms with Gasteiger partial charge < -0.3 is 9.84 Å². The minimum Gasteiger partial charge on any atom is -0.467 e. The molecule has 2 atom stereocenters. The van der Waals surface area contributed by atoms with Crippen LogP contribution in [0.3, 0.4) is 0 Å². The molecule has 0 saturated heterocycles. The third kappa shape index (κ3) is 1.97. The average molecular weight is 248 g/mol. The van der Waals surface area contributed by atoms with E-state index in [9.17, 15) is 9.90 Å². The summed E-state index contributed by atoms with van der Waals surface area (Å²) in [5, 5.41) is 14.0. The molecule has 0 spiro atoms. The van der Waals surface area contributed by atoms with Gasteiger partial charge in [0, 0.05) is 6.42 Å². The Kier molecular flexibility index (Phi) is 3.34. The molecule has 1 aromatic carbocycles. The van der Waals surface area contributed by atoms with Crippen LogP contribution < -0.4 is 5.43 Å². The Morgan fingerprint density at radius 2 is 2.17 bits per heavy atom. The molecule has 5 heteroatoms. The van der Waals surface area contributed by atoms with E-state index in [0.717, 1.165) is 11.3 Å². The first-order valence-corrected chi connectivity index (χ1v) is 5.76. The van der Waals surface area contributed by atoms with Gasteiger partial charge in [-0.2, -0.15) is 5.10 Å². The molecule has 0 fully saturated rings. The van der Waals surface area contributed by atoms with E-state index in [0.29, 0.717) is 6.42 Å². The fourth-order valence-corrected chi connectivity index (χ4v) is 2.02. The van der Waals surface area contributed by atoms with Crippen molar-refractivity contribution in [2.45, 2.75) is 25.0 Å².